The van der Waals surface area contributed by atoms with E-state index in [1.54, 1.807) is 36.4 Å². The highest BCUT2D eigenvalue weighted by Crippen LogP contribution is 2.39. The van der Waals surface area contributed by atoms with Crippen LogP contribution in [0.15, 0.2) is 54.0 Å². The second-order valence-corrected chi connectivity index (χ2v) is 8.64. The average Bonchev–Trinajstić information content (AvgIpc) is 3.01. The van der Waals surface area contributed by atoms with E-state index >= 15 is 0 Å². The fraction of sp³-hybridized carbons (Fsp3) is 0.182. The van der Waals surface area contributed by atoms with Crippen LogP contribution in [0.2, 0.25) is 5.02 Å². The van der Waals surface area contributed by atoms with E-state index in [2.05, 4.69) is 6.58 Å². The molecule has 32 heavy (non-hydrogen) atoms. The molecule has 1 saturated heterocycles. The summed E-state index contributed by atoms with van der Waals surface area (Å²) in [5.74, 6) is 0.588. The summed E-state index contributed by atoms with van der Waals surface area (Å²) in [6.07, 6.45) is 3.33. The molecule has 1 amide bonds. The third-order valence-corrected chi connectivity index (χ3v) is 6.00. The lowest BCUT2D eigenvalue weighted by Gasteiger charge is -2.15. The van der Waals surface area contributed by atoms with E-state index in [9.17, 15) is 14.9 Å². The van der Waals surface area contributed by atoms with Gasteiger partial charge in [-0.05, 0) is 48.4 Å². The lowest BCUT2D eigenvalue weighted by molar-refractivity contribution is -0.384. The molecule has 3 rings (SSSR count). The largest absolute Gasteiger partial charge is 0.490 e. The number of nitro benzene ring substituents is 1. The Morgan fingerprint density at radius 2 is 2.00 bits per heavy atom. The Hall–Kier alpha value is -2.88. The summed E-state index contributed by atoms with van der Waals surface area (Å²) in [5, 5.41) is 11.1. The van der Waals surface area contributed by atoms with Gasteiger partial charge in [0, 0.05) is 18.7 Å². The van der Waals surface area contributed by atoms with Crippen molar-refractivity contribution in [2.24, 2.45) is 0 Å². The first kappa shape index (κ1) is 23.8. The van der Waals surface area contributed by atoms with E-state index < -0.39 is 4.92 Å². The molecule has 0 saturated carbocycles. The molecule has 1 fully saturated rings. The van der Waals surface area contributed by atoms with E-state index in [1.165, 1.54) is 28.8 Å². The molecule has 1 aliphatic rings. The zero-order chi connectivity index (χ0) is 23.3. The maximum Gasteiger partial charge on any atom is 0.269 e. The Bertz CT molecular complexity index is 1100. The molecule has 1 heterocycles. The number of halogens is 1. The lowest BCUT2D eigenvalue weighted by Crippen LogP contribution is -2.27. The average molecular weight is 491 g/mol. The SMILES string of the molecule is C=CCN1C(=O)/C(=C/c2cc(Cl)c(OCc3ccc([N+](=O)[O-])cc3)c(OCC)c2)SC1=S. The molecule has 0 spiro atoms. The normalized spacial score (nSPS) is 14.7. The first-order valence-electron chi connectivity index (χ1n) is 9.52. The van der Waals surface area contributed by atoms with Crippen molar-refractivity contribution >= 4 is 57.6 Å². The molecule has 7 nitrogen and oxygen atoms in total. The number of ether oxygens (including phenoxy) is 2. The molecule has 0 radical (unpaired) electrons. The van der Waals surface area contributed by atoms with Gasteiger partial charge < -0.3 is 9.47 Å². The number of rotatable bonds is 9. The maximum atomic E-state index is 12.6. The number of hydrogen-bond donors (Lipinski definition) is 0. The van der Waals surface area contributed by atoms with Crippen molar-refractivity contribution in [2.75, 3.05) is 13.2 Å². The van der Waals surface area contributed by atoms with Gasteiger partial charge in [0.25, 0.3) is 11.6 Å². The van der Waals surface area contributed by atoms with Gasteiger partial charge in [0.1, 0.15) is 10.9 Å². The molecule has 0 aromatic heterocycles. The number of benzene rings is 2. The van der Waals surface area contributed by atoms with E-state index in [0.717, 1.165) is 5.56 Å². The smallest absolute Gasteiger partial charge is 0.269 e. The number of nitro groups is 1. The van der Waals surface area contributed by atoms with Crippen molar-refractivity contribution in [3.63, 3.8) is 0 Å². The van der Waals surface area contributed by atoms with Crippen LogP contribution in [0, 0.1) is 10.1 Å². The van der Waals surface area contributed by atoms with Crippen LogP contribution in [0.5, 0.6) is 11.5 Å². The van der Waals surface area contributed by atoms with E-state index in [4.69, 9.17) is 33.3 Å². The predicted octanol–water partition coefficient (Wildman–Crippen LogP) is 5.61. The van der Waals surface area contributed by atoms with Crippen LogP contribution in [-0.4, -0.2) is 33.2 Å². The Balaban J connectivity index is 1.83. The number of thioether (sulfide) groups is 1. The highest BCUT2D eigenvalue weighted by Gasteiger charge is 2.31. The predicted molar refractivity (Wildman–Crippen MR) is 130 cm³/mol. The minimum absolute atomic E-state index is 0.00430. The zero-order valence-corrected chi connectivity index (χ0v) is 19.5. The van der Waals surface area contributed by atoms with Crippen molar-refractivity contribution < 1.29 is 19.2 Å². The Morgan fingerprint density at radius 3 is 2.62 bits per heavy atom. The molecule has 10 heteroatoms. The first-order chi connectivity index (χ1) is 15.3. The minimum atomic E-state index is -0.460. The maximum absolute atomic E-state index is 12.6. The third kappa shape index (κ3) is 5.48. The van der Waals surface area contributed by atoms with Gasteiger partial charge in [-0.2, -0.15) is 0 Å². The summed E-state index contributed by atoms with van der Waals surface area (Å²) in [5.41, 5.74) is 1.41. The minimum Gasteiger partial charge on any atom is -0.490 e. The molecule has 0 atom stereocenters. The van der Waals surface area contributed by atoms with Crippen LogP contribution in [0.3, 0.4) is 0 Å². The Labute approximate surface area is 199 Å². The Kier molecular flexibility index (Phi) is 7.89. The van der Waals surface area contributed by atoms with Crippen molar-refractivity contribution in [1.82, 2.24) is 4.90 Å². The second-order valence-electron chi connectivity index (χ2n) is 6.56. The van der Waals surface area contributed by atoms with Crippen molar-refractivity contribution in [2.45, 2.75) is 13.5 Å². The summed E-state index contributed by atoms with van der Waals surface area (Å²) < 4.78 is 12.0. The van der Waals surface area contributed by atoms with Gasteiger partial charge in [-0.25, -0.2) is 0 Å². The number of hydrogen-bond acceptors (Lipinski definition) is 7. The van der Waals surface area contributed by atoms with Gasteiger partial charge in [-0.1, -0.05) is 41.7 Å². The monoisotopic (exact) mass is 490 g/mol. The van der Waals surface area contributed by atoms with E-state index in [1.807, 2.05) is 6.92 Å². The second kappa shape index (κ2) is 10.6. The zero-order valence-electron chi connectivity index (χ0n) is 17.1. The van der Waals surface area contributed by atoms with Gasteiger partial charge in [0.15, 0.2) is 11.5 Å². The van der Waals surface area contributed by atoms with Gasteiger partial charge in [0.2, 0.25) is 0 Å². The first-order valence-corrected chi connectivity index (χ1v) is 11.1. The van der Waals surface area contributed by atoms with Crippen LogP contribution in [0.4, 0.5) is 5.69 Å². The molecule has 1 aliphatic heterocycles. The number of carbonyl (C=O) groups excluding carboxylic acids is 1. The van der Waals surface area contributed by atoms with Crippen molar-refractivity contribution in [3.05, 3.63) is 80.2 Å². The number of thiocarbonyl (C=S) groups is 1. The van der Waals surface area contributed by atoms with Gasteiger partial charge in [0.05, 0.1) is 21.5 Å². The summed E-state index contributed by atoms with van der Waals surface area (Å²) >= 11 is 12.9. The molecule has 166 valence electrons. The summed E-state index contributed by atoms with van der Waals surface area (Å²) in [7, 11) is 0. The topological polar surface area (TPSA) is 81.9 Å². The quantitative estimate of drug-likeness (QED) is 0.148. The van der Waals surface area contributed by atoms with Crippen LogP contribution in [0.25, 0.3) is 6.08 Å². The molecule has 0 unspecified atom stereocenters. The fourth-order valence-electron chi connectivity index (χ4n) is 2.88. The fourth-order valence-corrected chi connectivity index (χ4v) is 4.43. The molecular formula is C22H19ClN2O5S2. The van der Waals surface area contributed by atoms with Crippen molar-refractivity contribution in [3.8, 4) is 11.5 Å². The van der Waals surface area contributed by atoms with Gasteiger partial charge in [-0.3, -0.25) is 19.8 Å². The summed E-state index contributed by atoms with van der Waals surface area (Å²) in [6, 6.07) is 9.47. The number of amides is 1. The summed E-state index contributed by atoms with van der Waals surface area (Å²) in [6.45, 7) is 6.36. The van der Waals surface area contributed by atoms with Crippen molar-refractivity contribution in [1.29, 1.82) is 0 Å². The number of non-ortho nitro benzene ring substituents is 1. The number of nitrogens with zero attached hydrogens (tertiary/aromatic N) is 2. The molecule has 0 bridgehead atoms. The van der Waals surface area contributed by atoms with Crippen LogP contribution in [-0.2, 0) is 11.4 Å². The molecule has 2 aromatic rings. The highest BCUT2D eigenvalue weighted by atomic mass is 35.5. The molecule has 2 aromatic carbocycles. The highest BCUT2D eigenvalue weighted by molar-refractivity contribution is 8.26. The van der Waals surface area contributed by atoms with Gasteiger partial charge >= 0.3 is 0 Å². The lowest BCUT2D eigenvalue weighted by atomic mass is 10.1. The van der Waals surface area contributed by atoms with E-state index in [-0.39, 0.29) is 18.2 Å². The third-order valence-electron chi connectivity index (χ3n) is 4.35. The molecular weight excluding hydrogens is 472 g/mol. The van der Waals surface area contributed by atoms with Crippen LogP contribution >= 0.6 is 35.6 Å². The summed E-state index contributed by atoms with van der Waals surface area (Å²) in [4.78, 5) is 24.9. The van der Waals surface area contributed by atoms with Crippen LogP contribution in [0.1, 0.15) is 18.1 Å². The van der Waals surface area contributed by atoms with Gasteiger partial charge in [-0.15, -0.1) is 6.58 Å². The van der Waals surface area contributed by atoms with E-state index in [0.29, 0.717) is 44.5 Å². The Morgan fingerprint density at radius 1 is 1.28 bits per heavy atom. The van der Waals surface area contributed by atoms with Crippen LogP contribution < -0.4 is 9.47 Å². The molecule has 0 aliphatic carbocycles. The molecule has 0 N–H and O–H groups in total. The number of carbonyl (C=O) groups is 1. The standard InChI is InChI=1S/C22H19ClN2O5S2/c1-3-9-24-21(26)19(32-22(24)31)12-15-10-17(23)20(18(11-15)29-4-2)30-13-14-5-7-16(8-6-14)25(27)28/h3,5-8,10-12H,1,4,9,13H2,2H3/b19-12-.